The van der Waals surface area contributed by atoms with Crippen LogP contribution in [0, 0.1) is 0 Å². The lowest BCUT2D eigenvalue weighted by Crippen LogP contribution is -2.44. The molecular formula is C25H31N5O. The molecule has 2 aliphatic heterocycles. The van der Waals surface area contributed by atoms with Gasteiger partial charge >= 0.3 is 0 Å². The largest absolute Gasteiger partial charge is 0.369 e. The molecule has 2 aromatic carbocycles. The molecule has 0 saturated carbocycles. The normalized spacial score (nSPS) is 19.8. The number of imidazole rings is 1. The first kappa shape index (κ1) is 20.1. The monoisotopic (exact) mass is 417 g/mol. The number of anilines is 1. The topological polar surface area (TPSA) is 53.4 Å². The summed E-state index contributed by atoms with van der Waals surface area (Å²) in [6, 6.07) is 17.1. The average Bonchev–Trinajstić information content (AvgIpc) is 3.39. The van der Waals surface area contributed by atoms with Gasteiger partial charge in [0.2, 0.25) is 5.91 Å². The maximum atomic E-state index is 12.5. The van der Waals surface area contributed by atoms with Crippen molar-refractivity contribution in [1.29, 1.82) is 0 Å². The zero-order chi connectivity index (χ0) is 21.2. The van der Waals surface area contributed by atoms with Crippen LogP contribution in [0.25, 0.3) is 22.4 Å². The molecule has 31 heavy (non-hydrogen) atoms. The maximum absolute atomic E-state index is 12.5. The molecule has 5 rings (SSSR count). The molecule has 1 atom stereocenters. The van der Waals surface area contributed by atoms with Crippen molar-refractivity contribution in [3.05, 3.63) is 48.5 Å². The molecule has 0 aliphatic carbocycles. The quantitative estimate of drug-likeness (QED) is 0.691. The lowest BCUT2D eigenvalue weighted by molar-refractivity contribution is -0.123. The van der Waals surface area contributed by atoms with E-state index in [0.717, 1.165) is 55.0 Å². The van der Waals surface area contributed by atoms with E-state index in [2.05, 4.69) is 63.1 Å². The Labute approximate surface area is 183 Å². The Morgan fingerprint density at radius 1 is 1.06 bits per heavy atom. The van der Waals surface area contributed by atoms with E-state index in [1.807, 2.05) is 12.1 Å². The summed E-state index contributed by atoms with van der Waals surface area (Å²) in [6.45, 7) is 4.47. The smallest absolute Gasteiger partial charge is 0.234 e. The number of likely N-dealkylation sites (tertiary alicyclic amines) is 1. The fourth-order valence-corrected chi connectivity index (χ4v) is 4.95. The zero-order valence-corrected chi connectivity index (χ0v) is 18.3. The second-order valence-electron chi connectivity index (χ2n) is 8.87. The molecule has 6 nitrogen and oxygen atoms in total. The van der Waals surface area contributed by atoms with Crippen molar-refractivity contribution in [3.63, 3.8) is 0 Å². The lowest BCUT2D eigenvalue weighted by Gasteiger charge is -2.26. The number of carbonyl (C=O) groups excluding carboxylic acids is 1. The Bertz CT molecular complexity index is 1070. The van der Waals surface area contributed by atoms with E-state index < -0.39 is 0 Å². The standard InChI is InChI=1S/C25H31N5O/c1-28-23-11-4-3-10-22(23)27-25(28)19-8-7-9-21(16-19)30-15-12-20(17-30)26-24(31)18-29-13-5-2-6-14-29/h3-4,7-11,16,20H,2,5-6,12-15,17-18H2,1H3,(H,26,31)/t20-/m1/s1. The number of hydrogen-bond acceptors (Lipinski definition) is 4. The molecule has 2 aliphatic rings. The molecule has 162 valence electrons. The Morgan fingerprint density at radius 3 is 2.74 bits per heavy atom. The van der Waals surface area contributed by atoms with Crippen LogP contribution in [0.1, 0.15) is 25.7 Å². The molecule has 0 spiro atoms. The minimum Gasteiger partial charge on any atom is -0.369 e. The van der Waals surface area contributed by atoms with Crippen molar-refractivity contribution < 1.29 is 4.79 Å². The molecule has 0 radical (unpaired) electrons. The van der Waals surface area contributed by atoms with Gasteiger partial charge in [-0.3, -0.25) is 9.69 Å². The predicted molar refractivity (Wildman–Crippen MR) is 125 cm³/mol. The second-order valence-corrected chi connectivity index (χ2v) is 8.87. The van der Waals surface area contributed by atoms with Crippen LogP contribution in [-0.4, -0.2) is 59.1 Å². The van der Waals surface area contributed by atoms with Gasteiger partial charge in [-0.25, -0.2) is 4.98 Å². The third-order valence-corrected chi connectivity index (χ3v) is 6.63. The van der Waals surface area contributed by atoms with Crippen LogP contribution in [-0.2, 0) is 11.8 Å². The number of fused-ring (bicyclic) bond motifs is 1. The van der Waals surface area contributed by atoms with Crippen molar-refractivity contribution in [2.45, 2.75) is 31.7 Å². The van der Waals surface area contributed by atoms with Gasteiger partial charge in [-0.1, -0.05) is 30.7 Å². The number of nitrogens with one attached hydrogen (secondary N) is 1. The first-order chi connectivity index (χ1) is 15.2. The highest BCUT2D eigenvalue weighted by Crippen LogP contribution is 2.28. The lowest BCUT2D eigenvalue weighted by atomic mass is 10.1. The highest BCUT2D eigenvalue weighted by Gasteiger charge is 2.25. The molecule has 0 unspecified atom stereocenters. The third kappa shape index (κ3) is 4.30. The Balaban J connectivity index is 1.25. The van der Waals surface area contributed by atoms with E-state index in [4.69, 9.17) is 4.98 Å². The van der Waals surface area contributed by atoms with Crippen molar-refractivity contribution in [2.24, 2.45) is 7.05 Å². The SMILES string of the molecule is Cn1c(-c2cccc(N3CC[C@@H](NC(=O)CN4CCCCC4)C3)c2)nc2ccccc21. The fraction of sp³-hybridized carbons (Fsp3) is 0.440. The molecule has 3 aromatic rings. The Kier molecular flexibility index (Phi) is 5.64. The van der Waals surface area contributed by atoms with Crippen LogP contribution in [0.15, 0.2) is 48.5 Å². The third-order valence-electron chi connectivity index (χ3n) is 6.63. The summed E-state index contributed by atoms with van der Waals surface area (Å²) >= 11 is 0. The van der Waals surface area contributed by atoms with Crippen LogP contribution >= 0.6 is 0 Å². The summed E-state index contributed by atoms with van der Waals surface area (Å²) in [6.07, 6.45) is 4.71. The van der Waals surface area contributed by atoms with Gasteiger partial charge in [0.1, 0.15) is 5.82 Å². The van der Waals surface area contributed by atoms with E-state index in [0.29, 0.717) is 6.54 Å². The van der Waals surface area contributed by atoms with Gasteiger partial charge in [-0.05, 0) is 56.6 Å². The number of amides is 1. The number of aryl methyl sites for hydroxylation is 1. The highest BCUT2D eigenvalue weighted by atomic mass is 16.2. The highest BCUT2D eigenvalue weighted by molar-refractivity contribution is 5.81. The molecule has 2 saturated heterocycles. The van der Waals surface area contributed by atoms with Gasteiger partial charge in [-0.2, -0.15) is 0 Å². The van der Waals surface area contributed by atoms with E-state index in [1.165, 1.54) is 24.9 Å². The minimum absolute atomic E-state index is 0.169. The molecule has 1 N–H and O–H groups in total. The number of piperidine rings is 1. The number of benzene rings is 2. The van der Waals surface area contributed by atoms with Crippen LogP contribution in [0.2, 0.25) is 0 Å². The summed E-state index contributed by atoms with van der Waals surface area (Å²) in [7, 11) is 2.07. The van der Waals surface area contributed by atoms with Crippen molar-refractivity contribution >= 4 is 22.6 Å². The van der Waals surface area contributed by atoms with Crippen molar-refractivity contribution in [3.8, 4) is 11.4 Å². The van der Waals surface area contributed by atoms with E-state index in [1.54, 1.807) is 0 Å². The second kappa shape index (κ2) is 8.71. The number of para-hydroxylation sites is 2. The summed E-state index contributed by atoms with van der Waals surface area (Å²) in [5.41, 5.74) is 4.47. The minimum atomic E-state index is 0.169. The summed E-state index contributed by atoms with van der Waals surface area (Å²) < 4.78 is 2.15. The first-order valence-corrected chi connectivity index (χ1v) is 11.5. The van der Waals surface area contributed by atoms with Gasteiger partial charge in [0.05, 0.1) is 17.6 Å². The van der Waals surface area contributed by atoms with Crippen LogP contribution < -0.4 is 10.2 Å². The van der Waals surface area contributed by atoms with Gasteiger partial charge < -0.3 is 14.8 Å². The predicted octanol–water partition coefficient (Wildman–Crippen LogP) is 3.42. The summed E-state index contributed by atoms with van der Waals surface area (Å²) in [5.74, 6) is 1.15. The molecular weight excluding hydrogens is 386 g/mol. The molecule has 1 aromatic heterocycles. The van der Waals surface area contributed by atoms with Crippen molar-refractivity contribution in [2.75, 3.05) is 37.6 Å². The van der Waals surface area contributed by atoms with E-state index in [9.17, 15) is 4.79 Å². The van der Waals surface area contributed by atoms with Crippen molar-refractivity contribution in [1.82, 2.24) is 19.8 Å². The molecule has 2 fully saturated rings. The first-order valence-electron chi connectivity index (χ1n) is 11.5. The molecule has 0 bridgehead atoms. The number of carbonyl (C=O) groups is 1. The number of rotatable bonds is 5. The Morgan fingerprint density at radius 2 is 1.90 bits per heavy atom. The molecule has 3 heterocycles. The maximum Gasteiger partial charge on any atom is 0.234 e. The molecule has 1 amide bonds. The van der Waals surface area contributed by atoms with Gasteiger partial charge in [0, 0.05) is 37.4 Å². The molecule has 6 heteroatoms. The fourth-order valence-electron chi connectivity index (χ4n) is 4.95. The van der Waals surface area contributed by atoms with Crippen LogP contribution in [0.5, 0.6) is 0 Å². The van der Waals surface area contributed by atoms with E-state index in [-0.39, 0.29) is 11.9 Å². The van der Waals surface area contributed by atoms with Gasteiger partial charge in [0.25, 0.3) is 0 Å². The summed E-state index contributed by atoms with van der Waals surface area (Å²) in [4.78, 5) is 22.0. The zero-order valence-electron chi connectivity index (χ0n) is 18.3. The van der Waals surface area contributed by atoms with Crippen LogP contribution in [0.4, 0.5) is 5.69 Å². The number of hydrogen-bond donors (Lipinski definition) is 1. The summed E-state index contributed by atoms with van der Waals surface area (Å²) in [5, 5.41) is 3.26. The number of aromatic nitrogens is 2. The van der Waals surface area contributed by atoms with Crippen LogP contribution in [0.3, 0.4) is 0 Å². The van der Waals surface area contributed by atoms with Gasteiger partial charge in [0.15, 0.2) is 0 Å². The Hall–Kier alpha value is -2.86. The average molecular weight is 418 g/mol. The van der Waals surface area contributed by atoms with E-state index >= 15 is 0 Å². The van der Waals surface area contributed by atoms with Gasteiger partial charge in [-0.15, -0.1) is 0 Å². The number of nitrogens with zero attached hydrogens (tertiary/aromatic N) is 4.